The van der Waals surface area contributed by atoms with E-state index in [2.05, 4.69) is 6.55 Å². The molecule has 0 radical (unpaired) electrons. The number of rotatable bonds is 1. The van der Waals surface area contributed by atoms with Crippen LogP contribution in [0.15, 0.2) is 0 Å². The van der Waals surface area contributed by atoms with Gasteiger partial charge in [-0.25, -0.2) is 0 Å². The van der Waals surface area contributed by atoms with Crippen molar-refractivity contribution in [1.29, 1.82) is 0 Å². The molecule has 0 spiro atoms. The van der Waals surface area contributed by atoms with Gasteiger partial charge in [-0.1, -0.05) is 37.9 Å². The lowest BCUT2D eigenvalue weighted by Crippen LogP contribution is -2.41. The molecule has 10 heavy (non-hydrogen) atoms. The Morgan fingerprint density at radius 2 is 1.70 bits per heavy atom. The van der Waals surface area contributed by atoms with Gasteiger partial charge in [0.05, 0.1) is 8.07 Å². The van der Waals surface area contributed by atoms with Crippen molar-refractivity contribution < 1.29 is 0 Å². The third-order valence-electron chi connectivity index (χ3n) is 2.55. The maximum Gasteiger partial charge on any atom is 0.0653 e. The van der Waals surface area contributed by atoms with Gasteiger partial charge >= 0.3 is 0 Å². The average molecular weight is 180 g/mol. The third kappa shape index (κ3) is 2.60. The summed E-state index contributed by atoms with van der Waals surface area (Å²) in [7, 11) is -0.833. The molecule has 62 valence electrons. The van der Waals surface area contributed by atoms with Gasteiger partial charge in [0, 0.05) is 0 Å². The second-order valence-electron chi connectivity index (χ2n) is 3.58. The molecule has 1 saturated heterocycles. The molecular weight excluding hydrogens is 162 g/mol. The Hall–Kier alpha value is 0.467. The van der Waals surface area contributed by atoms with Crippen LogP contribution in [0.1, 0.15) is 19.3 Å². The fourth-order valence-corrected chi connectivity index (χ4v) is 4.47. The summed E-state index contributed by atoms with van der Waals surface area (Å²) in [5.41, 5.74) is 5.70. The third-order valence-corrected chi connectivity index (χ3v) is 6.66. The first-order valence-electron chi connectivity index (χ1n) is 3.97. The van der Waals surface area contributed by atoms with Gasteiger partial charge in [0.15, 0.2) is 0 Å². The number of halogens is 1. The SMILES string of the molecule is C[Si]1(CN)CCCCC1.Cl. The Kier molecular flexibility index (Phi) is 4.57. The van der Waals surface area contributed by atoms with Crippen LogP contribution in [0.2, 0.25) is 18.6 Å². The van der Waals surface area contributed by atoms with Gasteiger partial charge in [0.2, 0.25) is 0 Å². The summed E-state index contributed by atoms with van der Waals surface area (Å²) in [5.74, 6) is 0. The minimum Gasteiger partial charge on any atom is -0.333 e. The van der Waals surface area contributed by atoms with Crippen LogP contribution in [0.3, 0.4) is 0 Å². The van der Waals surface area contributed by atoms with Gasteiger partial charge in [-0.05, 0) is 6.17 Å². The quantitative estimate of drug-likeness (QED) is 0.614. The molecule has 2 N–H and O–H groups in total. The summed E-state index contributed by atoms with van der Waals surface area (Å²) >= 11 is 0. The van der Waals surface area contributed by atoms with Gasteiger partial charge in [-0.15, -0.1) is 12.4 Å². The average Bonchev–Trinajstić information content (AvgIpc) is 1.90. The number of nitrogens with two attached hydrogens (primary N) is 1. The zero-order chi connectivity index (χ0) is 6.74. The second-order valence-corrected chi connectivity index (χ2v) is 8.61. The van der Waals surface area contributed by atoms with Gasteiger partial charge in [0.25, 0.3) is 0 Å². The lowest BCUT2D eigenvalue weighted by molar-refractivity contribution is 0.708. The largest absolute Gasteiger partial charge is 0.333 e. The van der Waals surface area contributed by atoms with Crippen molar-refractivity contribution in [2.24, 2.45) is 5.73 Å². The summed E-state index contributed by atoms with van der Waals surface area (Å²) in [6.45, 7) is 2.45. The van der Waals surface area contributed by atoms with Crippen LogP contribution in [-0.4, -0.2) is 14.2 Å². The Labute approximate surface area is 70.8 Å². The van der Waals surface area contributed by atoms with Crippen molar-refractivity contribution >= 4 is 20.5 Å². The van der Waals surface area contributed by atoms with Gasteiger partial charge in [-0.3, -0.25) is 0 Å². The molecule has 0 atom stereocenters. The van der Waals surface area contributed by atoms with Crippen LogP contribution in [0, 0.1) is 0 Å². The Morgan fingerprint density at radius 3 is 2.00 bits per heavy atom. The Balaban J connectivity index is 0.000000810. The van der Waals surface area contributed by atoms with Gasteiger partial charge in [0.1, 0.15) is 0 Å². The van der Waals surface area contributed by atoms with E-state index in [1.807, 2.05) is 0 Å². The van der Waals surface area contributed by atoms with E-state index in [0.29, 0.717) is 0 Å². The van der Waals surface area contributed by atoms with Crippen molar-refractivity contribution in [3.8, 4) is 0 Å². The van der Waals surface area contributed by atoms with Crippen LogP contribution in [-0.2, 0) is 0 Å². The van der Waals surface area contributed by atoms with E-state index in [9.17, 15) is 0 Å². The highest BCUT2D eigenvalue weighted by Gasteiger charge is 2.26. The molecule has 3 heteroatoms. The smallest absolute Gasteiger partial charge is 0.0653 e. The molecule has 1 heterocycles. The zero-order valence-corrected chi connectivity index (χ0v) is 8.54. The monoisotopic (exact) mass is 179 g/mol. The van der Waals surface area contributed by atoms with E-state index in [-0.39, 0.29) is 12.4 Å². The van der Waals surface area contributed by atoms with Crippen LogP contribution in [0.4, 0.5) is 0 Å². The summed E-state index contributed by atoms with van der Waals surface area (Å²) in [4.78, 5) is 0. The minimum absolute atomic E-state index is 0. The summed E-state index contributed by atoms with van der Waals surface area (Å²) in [6, 6.07) is 2.98. The van der Waals surface area contributed by atoms with Gasteiger partial charge in [-0.2, -0.15) is 0 Å². The summed E-state index contributed by atoms with van der Waals surface area (Å²) in [5, 5.41) is 0. The molecule has 0 amide bonds. The molecule has 0 bridgehead atoms. The molecule has 1 nitrogen and oxygen atoms in total. The Bertz CT molecular complexity index is 91.6. The molecule has 1 aliphatic rings. The maximum atomic E-state index is 5.70. The van der Waals surface area contributed by atoms with Crippen molar-refractivity contribution in [2.45, 2.75) is 37.9 Å². The number of hydrogen-bond donors (Lipinski definition) is 1. The van der Waals surface area contributed by atoms with E-state index >= 15 is 0 Å². The summed E-state index contributed by atoms with van der Waals surface area (Å²) < 4.78 is 0. The molecular formula is C7H18ClNSi. The molecule has 0 aromatic heterocycles. The normalized spacial score (nSPS) is 23.4. The molecule has 0 aromatic carbocycles. The Morgan fingerprint density at radius 1 is 1.20 bits per heavy atom. The summed E-state index contributed by atoms with van der Waals surface area (Å²) in [6.07, 6.45) is 5.40. The van der Waals surface area contributed by atoms with Crippen LogP contribution >= 0.6 is 12.4 Å². The second kappa shape index (κ2) is 4.37. The predicted molar refractivity (Wildman–Crippen MR) is 51.4 cm³/mol. The zero-order valence-electron chi connectivity index (χ0n) is 6.73. The fourth-order valence-electron chi connectivity index (χ4n) is 1.61. The van der Waals surface area contributed by atoms with Crippen LogP contribution in [0.25, 0.3) is 0 Å². The van der Waals surface area contributed by atoms with E-state index < -0.39 is 8.07 Å². The molecule has 1 rings (SSSR count). The van der Waals surface area contributed by atoms with Crippen molar-refractivity contribution in [2.75, 3.05) is 6.17 Å². The van der Waals surface area contributed by atoms with E-state index in [4.69, 9.17) is 5.73 Å². The molecule has 1 aliphatic heterocycles. The van der Waals surface area contributed by atoms with Crippen molar-refractivity contribution in [3.63, 3.8) is 0 Å². The molecule has 0 aliphatic carbocycles. The first-order chi connectivity index (χ1) is 4.27. The molecule has 1 fully saturated rings. The van der Waals surface area contributed by atoms with Crippen LogP contribution < -0.4 is 5.73 Å². The lowest BCUT2D eigenvalue weighted by Gasteiger charge is -2.29. The van der Waals surface area contributed by atoms with E-state index in [0.717, 1.165) is 6.17 Å². The van der Waals surface area contributed by atoms with Crippen molar-refractivity contribution in [1.82, 2.24) is 0 Å². The van der Waals surface area contributed by atoms with Gasteiger partial charge < -0.3 is 5.73 Å². The first kappa shape index (κ1) is 10.5. The highest BCUT2D eigenvalue weighted by Crippen LogP contribution is 2.26. The lowest BCUT2D eigenvalue weighted by atomic mass is 10.3. The minimum atomic E-state index is -0.833. The molecule has 0 saturated carbocycles. The van der Waals surface area contributed by atoms with E-state index in [1.54, 1.807) is 0 Å². The maximum absolute atomic E-state index is 5.70. The predicted octanol–water partition coefficient (Wildman–Crippen LogP) is 2.17. The fraction of sp³-hybridized carbons (Fsp3) is 1.00. The highest BCUT2D eigenvalue weighted by molar-refractivity contribution is 6.78. The van der Waals surface area contributed by atoms with Crippen LogP contribution in [0.5, 0.6) is 0 Å². The topological polar surface area (TPSA) is 26.0 Å². The standard InChI is InChI=1S/C7H17NSi.ClH/c1-9(7-8)5-3-2-4-6-9;/h2-8H2,1H3;1H. The molecule has 0 unspecified atom stereocenters. The van der Waals surface area contributed by atoms with Crippen molar-refractivity contribution in [3.05, 3.63) is 0 Å². The molecule has 0 aromatic rings. The number of hydrogen-bond acceptors (Lipinski definition) is 1. The first-order valence-corrected chi connectivity index (χ1v) is 7.09. The van der Waals surface area contributed by atoms with E-state index in [1.165, 1.54) is 31.4 Å². The highest BCUT2D eigenvalue weighted by atomic mass is 35.5.